The molecule has 0 radical (unpaired) electrons. The molecule has 3 nitrogen and oxygen atoms in total. The third-order valence-corrected chi connectivity index (χ3v) is 5.65. The average molecular weight is 404 g/mol. The highest BCUT2D eigenvalue weighted by Crippen LogP contribution is 2.51. The maximum absolute atomic E-state index is 13.2. The Labute approximate surface area is 169 Å². The van der Waals surface area contributed by atoms with Gasteiger partial charge in [-0.05, 0) is 48.2 Å². The molecule has 1 amide bonds. The Bertz CT molecular complexity index is 846. The van der Waals surface area contributed by atoms with E-state index in [4.69, 9.17) is 0 Å². The van der Waals surface area contributed by atoms with Crippen LogP contribution >= 0.6 is 0 Å². The van der Waals surface area contributed by atoms with Crippen molar-refractivity contribution in [1.82, 2.24) is 10.2 Å². The number of amides is 1. The summed E-state index contributed by atoms with van der Waals surface area (Å²) in [7, 11) is 0. The van der Waals surface area contributed by atoms with E-state index in [0.717, 1.165) is 36.8 Å². The summed E-state index contributed by atoms with van der Waals surface area (Å²) in [6.07, 6.45) is -3.94. The van der Waals surface area contributed by atoms with Gasteiger partial charge >= 0.3 is 6.18 Å². The number of hydrogen-bond acceptors (Lipinski definition) is 2. The van der Waals surface area contributed by atoms with Crippen LogP contribution in [0.3, 0.4) is 0 Å². The molecule has 0 aliphatic heterocycles. The molecule has 1 N–H and O–H groups in total. The lowest BCUT2D eigenvalue weighted by Crippen LogP contribution is -2.27. The van der Waals surface area contributed by atoms with Crippen LogP contribution in [0.2, 0.25) is 0 Å². The van der Waals surface area contributed by atoms with E-state index in [-0.39, 0.29) is 17.4 Å². The average Bonchev–Trinajstić information content (AvgIpc) is 3.51. The molecular formula is C23H27F3N2O. The second-order valence-electron chi connectivity index (χ2n) is 7.48. The molecular weight excluding hydrogens is 377 g/mol. The van der Waals surface area contributed by atoms with Crippen LogP contribution in [0.15, 0.2) is 48.5 Å². The Balaban J connectivity index is 1.63. The Morgan fingerprint density at radius 1 is 1.03 bits per heavy atom. The van der Waals surface area contributed by atoms with Crippen molar-refractivity contribution in [2.45, 2.75) is 45.5 Å². The molecule has 0 aromatic heterocycles. The summed E-state index contributed by atoms with van der Waals surface area (Å²) in [5.41, 5.74) is 1.79. The van der Waals surface area contributed by atoms with E-state index in [9.17, 15) is 18.0 Å². The molecule has 0 heterocycles. The zero-order valence-corrected chi connectivity index (χ0v) is 16.8. The van der Waals surface area contributed by atoms with Gasteiger partial charge in [0.15, 0.2) is 0 Å². The fraction of sp³-hybridized carbons (Fsp3) is 0.435. The highest BCUT2D eigenvalue weighted by molar-refractivity contribution is 5.83. The molecule has 6 heteroatoms. The van der Waals surface area contributed by atoms with Crippen LogP contribution in [-0.2, 0) is 24.1 Å². The van der Waals surface area contributed by atoms with Crippen molar-refractivity contribution in [1.29, 1.82) is 0 Å². The minimum absolute atomic E-state index is 0.176. The smallest absolute Gasteiger partial charge is 0.352 e. The third kappa shape index (κ3) is 5.18. The van der Waals surface area contributed by atoms with Crippen molar-refractivity contribution >= 4 is 5.91 Å². The highest BCUT2D eigenvalue weighted by Gasteiger charge is 2.47. The fourth-order valence-electron chi connectivity index (χ4n) is 3.79. The predicted octanol–water partition coefficient (Wildman–Crippen LogP) is 4.97. The van der Waals surface area contributed by atoms with Crippen LogP contribution in [-0.4, -0.2) is 23.9 Å². The molecule has 0 bridgehead atoms. The van der Waals surface area contributed by atoms with Gasteiger partial charge in [0.25, 0.3) is 0 Å². The van der Waals surface area contributed by atoms with Gasteiger partial charge in [0.2, 0.25) is 5.91 Å². The molecule has 3 rings (SSSR count). The number of carbonyl (C=O) groups is 1. The van der Waals surface area contributed by atoms with Crippen LogP contribution in [0.25, 0.3) is 0 Å². The summed E-state index contributed by atoms with van der Waals surface area (Å²) in [5.74, 6) is -0.934. The zero-order chi connectivity index (χ0) is 21.0. The molecule has 0 spiro atoms. The van der Waals surface area contributed by atoms with Crippen molar-refractivity contribution in [3.05, 3.63) is 70.8 Å². The van der Waals surface area contributed by atoms with Gasteiger partial charge in [0.1, 0.15) is 0 Å². The first-order valence-electron chi connectivity index (χ1n) is 10.1. The number of hydrogen-bond donors (Lipinski definition) is 1. The van der Waals surface area contributed by atoms with Crippen LogP contribution in [0.1, 0.15) is 48.4 Å². The van der Waals surface area contributed by atoms with Gasteiger partial charge in [-0.2, -0.15) is 13.2 Å². The van der Waals surface area contributed by atoms with Crippen molar-refractivity contribution < 1.29 is 18.0 Å². The van der Waals surface area contributed by atoms with Gasteiger partial charge in [0, 0.05) is 19.0 Å². The van der Waals surface area contributed by atoms with Crippen LogP contribution in [0.5, 0.6) is 0 Å². The second-order valence-corrected chi connectivity index (χ2v) is 7.48. The molecule has 1 saturated carbocycles. The van der Waals surface area contributed by atoms with E-state index < -0.39 is 17.7 Å². The normalized spacial score (nSPS) is 18.7. The van der Waals surface area contributed by atoms with Crippen molar-refractivity contribution in [3.8, 4) is 0 Å². The number of benzene rings is 2. The lowest BCUT2D eigenvalue weighted by atomic mass is 10.0. The van der Waals surface area contributed by atoms with Gasteiger partial charge < -0.3 is 5.32 Å². The number of carbonyl (C=O) groups excluding carboxylic acids is 1. The van der Waals surface area contributed by atoms with E-state index in [0.29, 0.717) is 13.0 Å². The quantitative estimate of drug-likeness (QED) is 0.674. The van der Waals surface area contributed by atoms with Crippen molar-refractivity contribution in [3.63, 3.8) is 0 Å². The van der Waals surface area contributed by atoms with Crippen molar-refractivity contribution in [2.75, 3.05) is 13.1 Å². The molecule has 29 heavy (non-hydrogen) atoms. The lowest BCUT2D eigenvalue weighted by Gasteiger charge is -2.20. The zero-order valence-electron chi connectivity index (χ0n) is 16.8. The number of halogens is 3. The summed E-state index contributed by atoms with van der Waals surface area (Å²) in [6, 6.07) is 13.5. The largest absolute Gasteiger partial charge is 0.416 e. The van der Waals surface area contributed by atoms with Gasteiger partial charge in [-0.1, -0.05) is 56.3 Å². The number of nitrogens with zero attached hydrogens (tertiary/aromatic N) is 1. The number of alkyl halides is 3. The maximum atomic E-state index is 13.2. The molecule has 2 atom stereocenters. The number of rotatable bonds is 8. The van der Waals surface area contributed by atoms with Crippen molar-refractivity contribution in [2.24, 2.45) is 5.92 Å². The Hall–Kier alpha value is -2.34. The van der Waals surface area contributed by atoms with E-state index in [1.807, 2.05) is 18.2 Å². The van der Waals surface area contributed by atoms with Gasteiger partial charge in [-0.3, -0.25) is 9.69 Å². The molecule has 1 aliphatic carbocycles. The second kappa shape index (κ2) is 8.99. The SMILES string of the molecule is CCN(CC)Cc1ccccc1CNC(=O)C1CC1c1ccccc1C(F)(F)F. The topological polar surface area (TPSA) is 32.3 Å². The highest BCUT2D eigenvalue weighted by atomic mass is 19.4. The molecule has 1 fully saturated rings. The summed E-state index contributed by atoms with van der Waals surface area (Å²) in [4.78, 5) is 14.9. The summed E-state index contributed by atoms with van der Waals surface area (Å²) < 4.78 is 39.7. The Kier molecular flexibility index (Phi) is 6.63. The van der Waals surface area contributed by atoms with E-state index >= 15 is 0 Å². The molecule has 1 aliphatic rings. The van der Waals surface area contributed by atoms with E-state index in [2.05, 4.69) is 30.1 Å². The van der Waals surface area contributed by atoms with Gasteiger partial charge in [-0.25, -0.2) is 0 Å². The Morgan fingerprint density at radius 2 is 1.66 bits per heavy atom. The minimum Gasteiger partial charge on any atom is -0.352 e. The third-order valence-electron chi connectivity index (χ3n) is 5.65. The summed E-state index contributed by atoms with van der Waals surface area (Å²) >= 11 is 0. The first-order valence-corrected chi connectivity index (χ1v) is 10.1. The van der Waals surface area contributed by atoms with Crippen LogP contribution in [0, 0.1) is 5.92 Å². The first-order chi connectivity index (χ1) is 13.8. The standard InChI is InChI=1S/C23H27F3N2O/c1-3-28(4-2)15-17-10-6-5-9-16(17)14-27-22(29)20-13-19(20)18-11-7-8-12-21(18)23(24,25)26/h5-12,19-20H,3-4,13-15H2,1-2H3,(H,27,29). The molecule has 2 unspecified atom stereocenters. The monoisotopic (exact) mass is 404 g/mol. The maximum Gasteiger partial charge on any atom is 0.416 e. The number of nitrogens with one attached hydrogen (secondary N) is 1. The van der Waals surface area contributed by atoms with Crippen LogP contribution in [0.4, 0.5) is 13.2 Å². The predicted molar refractivity (Wildman–Crippen MR) is 107 cm³/mol. The molecule has 2 aromatic carbocycles. The van der Waals surface area contributed by atoms with Gasteiger partial charge in [-0.15, -0.1) is 0 Å². The molecule has 0 saturated heterocycles. The minimum atomic E-state index is -4.40. The van der Waals surface area contributed by atoms with Crippen LogP contribution < -0.4 is 5.32 Å². The van der Waals surface area contributed by atoms with E-state index in [1.54, 1.807) is 6.07 Å². The lowest BCUT2D eigenvalue weighted by molar-refractivity contribution is -0.138. The summed E-state index contributed by atoms with van der Waals surface area (Å²) in [6.45, 7) is 7.31. The fourth-order valence-corrected chi connectivity index (χ4v) is 3.79. The molecule has 2 aromatic rings. The van der Waals surface area contributed by atoms with Gasteiger partial charge in [0.05, 0.1) is 5.56 Å². The van der Waals surface area contributed by atoms with E-state index in [1.165, 1.54) is 12.1 Å². The first kappa shape index (κ1) is 21.4. The Morgan fingerprint density at radius 3 is 2.31 bits per heavy atom. The molecule has 156 valence electrons. The summed E-state index contributed by atoms with van der Waals surface area (Å²) in [5, 5.41) is 2.93.